The van der Waals surface area contributed by atoms with Crippen LogP contribution in [0.15, 0.2) is 12.7 Å². The molecule has 1 aliphatic heterocycles. The molecule has 0 radical (unpaired) electrons. The minimum absolute atomic E-state index is 0.0671. The summed E-state index contributed by atoms with van der Waals surface area (Å²) in [6.07, 6.45) is 2.63. The van der Waals surface area contributed by atoms with E-state index in [1.165, 1.54) is 0 Å². The molecule has 0 amide bonds. The maximum atomic E-state index is 9.83. The van der Waals surface area contributed by atoms with Crippen molar-refractivity contribution in [3.05, 3.63) is 12.7 Å². The summed E-state index contributed by atoms with van der Waals surface area (Å²) in [5.74, 6) is 0. The topological polar surface area (TPSA) is 39.0 Å². The molecule has 0 saturated carbocycles. The van der Waals surface area contributed by atoms with Gasteiger partial charge in [0.2, 0.25) is 0 Å². The van der Waals surface area contributed by atoms with Gasteiger partial charge in [-0.1, -0.05) is 6.08 Å². The van der Waals surface area contributed by atoms with Crippen LogP contribution >= 0.6 is 0 Å². The van der Waals surface area contributed by atoms with Gasteiger partial charge in [-0.05, 0) is 0 Å². The molecule has 2 atom stereocenters. The van der Waals surface area contributed by atoms with Crippen LogP contribution in [0.25, 0.3) is 0 Å². The van der Waals surface area contributed by atoms with E-state index in [2.05, 4.69) is 11.9 Å². The van der Waals surface area contributed by atoms with Crippen LogP contribution in [0.1, 0.15) is 0 Å². The number of hydrogen-bond donors (Lipinski definition) is 1. The molecule has 1 N–H and O–H groups in total. The van der Waals surface area contributed by atoms with Gasteiger partial charge in [-0.2, -0.15) is 0 Å². The van der Waals surface area contributed by atoms with E-state index in [4.69, 9.17) is 0 Å². The standard InChI is InChI=1S/C5H7NO/c1-2-4-5(3-7)6-4/h2-6H,1H2. The summed E-state index contributed by atoms with van der Waals surface area (Å²) < 4.78 is 0. The van der Waals surface area contributed by atoms with Crippen molar-refractivity contribution >= 4 is 6.29 Å². The van der Waals surface area contributed by atoms with Crippen molar-refractivity contribution in [1.82, 2.24) is 5.32 Å². The van der Waals surface area contributed by atoms with Gasteiger partial charge in [0.1, 0.15) is 6.29 Å². The average molecular weight is 97.1 g/mol. The van der Waals surface area contributed by atoms with Gasteiger partial charge in [-0.3, -0.25) is 5.32 Å². The van der Waals surface area contributed by atoms with Crippen molar-refractivity contribution in [3.63, 3.8) is 0 Å². The van der Waals surface area contributed by atoms with Crippen molar-refractivity contribution in [2.45, 2.75) is 12.1 Å². The van der Waals surface area contributed by atoms with Gasteiger partial charge in [-0.25, -0.2) is 0 Å². The molecule has 7 heavy (non-hydrogen) atoms. The SMILES string of the molecule is C=CC1NC1C=O. The molecular weight excluding hydrogens is 90.1 g/mol. The van der Waals surface area contributed by atoms with Gasteiger partial charge in [0.25, 0.3) is 0 Å². The second-order valence-corrected chi connectivity index (χ2v) is 1.59. The van der Waals surface area contributed by atoms with E-state index in [1.54, 1.807) is 6.08 Å². The van der Waals surface area contributed by atoms with Crippen LogP contribution in [0.3, 0.4) is 0 Å². The molecule has 0 aromatic carbocycles. The lowest BCUT2D eigenvalue weighted by Crippen LogP contribution is -1.89. The van der Waals surface area contributed by atoms with Gasteiger partial charge in [0, 0.05) is 6.04 Å². The third-order valence-corrected chi connectivity index (χ3v) is 1.06. The van der Waals surface area contributed by atoms with Gasteiger partial charge in [0.05, 0.1) is 6.04 Å². The molecule has 1 rings (SSSR count). The van der Waals surface area contributed by atoms with Crippen LogP contribution in [-0.4, -0.2) is 18.4 Å². The minimum Gasteiger partial charge on any atom is -0.302 e. The van der Waals surface area contributed by atoms with Gasteiger partial charge in [-0.15, -0.1) is 6.58 Å². The molecule has 1 fully saturated rings. The number of nitrogens with one attached hydrogen (secondary N) is 1. The van der Waals surface area contributed by atoms with E-state index in [-0.39, 0.29) is 12.1 Å². The van der Waals surface area contributed by atoms with Gasteiger partial charge >= 0.3 is 0 Å². The van der Waals surface area contributed by atoms with Crippen LogP contribution < -0.4 is 5.32 Å². The highest BCUT2D eigenvalue weighted by Crippen LogP contribution is 2.06. The average Bonchev–Trinajstić information content (AvgIpc) is 2.43. The summed E-state index contributed by atoms with van der Waals surface area (Å²) in [5.41, 5.74) is 0. The Labute approximate surface area is 42.2 Å². The molecule has 1 saturated heterocycles. The monoisotopic (exact) mass is 97.1 g/mol. The van der Waals surface area contributed by atoms with E-state index in [9.17, 15) is 4.79 Å². The predicted octanol–water partition coefficient (Wildman–Crippen LogP) is -0.288. The molecule has 0 bridgehead atoms. The Morgan fingerprint density at radius 3 is 2.43 bits per heavy atom. The van der Waals surface area contributed by atoms with Gasteiger partial charge < -0.3 is 4.79 Å². The van der Waals surface area contributed by atoms with Crippen LogP contribution in [0.5, 0.6) is 0 Å². The first-order valence-corrected chi connectivity index (χ1v) is 2.22. The lowest BCUT2D eigenvalue weighted by Gasteiger charge is -1.67. The van der Waals surface area contributed by atoms with Crippen molar-refractivity contribution in [1.29, 1.82) is 0 Å². The minimum atomic E-state index is 0.0671. The van der Waals surface area contributed by atoms with Crippen LogP contribution in [-0.2, 0) is 4.79 Å². The normalized spacial score (nSPS) is 37.1. The predicted molar refractivity (Wildman–Crippen MR) is 27.0 cm³/mol. The molecule has 1 aliphatic rings. The number of rotatable bonds is 2. The Morgan fingerprint density at radius 1 is 1.57 bits per heavy atom. The Balaban J connectivity index is 2.30. The zero-order valence-corrected chi connectivity index (χ0v) is 3.92. The maximum absolute atomic E-state index is 9.83. The van der Waals surface area contributed by atoms with E-state index >= 15 is 0 Å². The third kappa shape index (κ3) is 0.695. The van der Waals surface area contributed by atoms with Crippen LogP contribution in [0.2, 0.25) is 0 Å². The second kappa shape index (κ2) is 1.46. The molecule has 2 heteroatoms. The molecule has 0 aromatic heterocycles. The zero-order valence-electron chi connectivity index (χ0n) is 3.92. The number of carbonyl (C=O) groups is 1. The van der Waals surface area contributed by atoms with Gasteiger partial charge in [0.15, 0.2) is 0 Å². The summed E-state index contributed by atoms with van der Waals surface area (Å²) in [5, 5.41) is 2.88. The van der Waals surface area contributed by atoms with Crippen LogP contribution in [0.4, 0.5) is 0 Å². The number of aldehydes is 1. The van der Waals surface area contributed by atoms with Crippen LogP contribution in [0, 0.1) is 0 Å². The molecule has 0 spiro atoms. The highest BCUT2D eigenvalue weighted by molar-refractivity contribution is 5.64. The first kappa shape index (κ1) is 4.53. The lowest BCUT2D eigenvalue weighted by atomic mass is 10.3. The highest BCUT2D eigenvalue weighted by atomic mass is 16.1. The molecule has 38 valence electrons. The molecular formula is C5H7NO. The number of carbonyl (C=O) groups excluding carboxylic acids is 1. The fourth-order valence-electron chi connectivity index (χ4n) is 0.505. The molecule has 0 aromatic rings. The lowest BCUT2D eigenvalue weighted by molar-refractivity contribution is -0.107. The summed E-state index contributed by atoms with van der Waals surface area (Å²) in [6, 6.07) is 0.329. The van der Waals surface area contributed by atoms with Crippen molar-refractivity contribution in [2.75, 3.05) is 0 Å². The smallest absolute Gasteiger partial charge is 0.138 e. The maximum Gasteiger partial charge on any atom is 0.138 e. The summed E-state index contributed by atoms with van der Waals surface area (Å²) in [6.45, 7) is 3.50. The molecule has 1 heterocycles. The first-order valence-electron chi connectivity index (χ1n) is 2.22. The summed E-state index contributed by atoms with van der Waals surface area (Å²) >= 11 is 0. The fraction of sp³-hybridized carbons (Fsp3) is 0.400. The Bertz CT molecular complexity index is 88.3. The largest absolute Gasteiger partial charge is 0.302 e. The van der Waals surface area contributed by atoms with E-state index < -0.39 is 0 Å². The first-order chi connectivity index (χ1) is 3.38. The second-order valence-electron chi connectivity index (χ2n) is 1.59. The Morgan fingerprint density at radius 2 is 2.29 bits per heavy atom. The number of hydrogen-bond acceptors (Lipinski definition) is 2. The Kier molecular flexibility index (Phi) is 0.947. The zero-order chi connectivity index (χ0) is 5.28. The van der Waals surface area contributed by atoms with Crippen molar-refractivity contribution in [2.24, 2.45) is 0 Å². The molecule has 0 aliphatic carbocycles. The van der Waals surface area contributed by atoms with E-state index in [0.717, 1.165) is 6.29 Å². The Hall–Kier alpha value is -0.630. The van der Waals surface area contributed by atoms with E-state index in [0.29, 0.717) is 0 Å². The van der Waals surface area contributed by atoms with E-state index in [1.807, 2.05) is 0 Å². The molecule has 2 nitrogen and oxygen atoms in total. The van der Waals surface area contributed by atoms with Crippen molar-refractivity contribution in [3.8, 4) is 0 Å². The quantitative estimate of drug-likeness (QED) is 0.292. The molecule has 2 unspecified atom stereocenters. The fourth-order valence-corrected chi connectivity index (χ4v) is 0.505. The summed E-state index contributed by atoms with van der Waals surface area (Å²) in [7, 11) is 0. The highest BCUT2D eigenvalue weighted by Gasteiger charge is 2.32. The summed E-state index contributed by atoms with van der Waals surface area (Å²) in [4.78, 5) is 9.83. The van der Waals surface area contributed by atoms with Crippen molar-refractivity contribution < 1.29 is 4.79 Å². The third-order valence-electron chi connectivity index (χ3n) is 1.06.